The van der Waals surface area contributed by atoms with E-state index < -0.39 is 17.5 Å². The third kappa shape index (κ3) is 2.41. The van der Waals surface area contributed by atoms with E-state index in [0.29, 0.717) is 0 Å². The minimum Gasteiger partial charge on any atom is -0.479 e. The molecular formula is C11H11BrN2O3. The maximum Gasteiger partial charge on any atom is 0.331 e. The first-order valence-corrected chi connectivity index (χ1v) is 5.85. The van der Waals surface area contributed by atoms with E-state index in [4.69, 9.17) is 0 Å². The number of aliphatic carboxylic acids is 1. The van der Waals surface area contributed by atoms with Gasteiger partial charge in [0.1, 0.15) is 0 Å². The molecule has 0 saturated carbocycles. The largest absolute Gasteiger partial charge is 0.479 e. The van der Waals surface area contributed by atoms with Crippen LogP contribution in [0.4, 0.5) is 4.79 Å². The van der Waals surface area contributed by atoms with E-state index in [1.165, 1.54) is 0 Å². The van der Waals surface area contributed by atoms with E-state index in [9.17, 15) is 14.7 Å². The summed E-state index contributed by atoms with van der Waals surface area (Å²) in [5.74, 6) is -1.03. The standard InChI is InChI=1S/C11H11BrN2O3/c12-8-3-1-7(2-4-8)5-11(9(15)16)6-13-10(17)14-11/h1-4H,5-6H2,(H,15,16)(H2,13,14,17). The smallest absolute Gasteiger partial charge is 0.331 e. The SMILES string of the molecule is O=C1NCC(Cc2ccc(Br)cc2)(C(=O)O)N1. The number of amides is 2. The van der Waals surface area contributed by atoms with Gasteiger partial charge in [0.15, 0.2) is 5.54 Å². The minimum absolute atomic E-state index is 0.0945. The van der Waals surface area contributed by atoms with Crippen molar-refractivity contribution in [3.8, 4) is 0 Å². The predicted molar refractivity (Wildman–Crippen MR) is 64.7 cm³/mol. The second-order valence-electron chi connectivity index (χ2n) is 4.00. The van der Waals surface area contributed by atoms with Crippen LogP contribution < -0.4 is 10.6 Å². The van der Waals surface area contributed by atoms with Crippen LogP contribution in [0, 0.1) is 0 Å². The Morgan fingerprint density at radius 3 is 2.53 bits per heavy atom. The maximum atomic E-state index is 11.3. The van der Waals surface area contributed by atoms with Crippen molar-refractivity contribution in [2.45, 2.75) is 12.0 Å². The summed E-state index contributed by atoms with van der Waals surface area (Å²) in [6, 6.07) is 6.91. The van der Waals surface area contributed by atoms with Gasteiger partial charge in [0.2, 0.25) is 0 Å². The molecule has 5 nitrogen and oxygen atoms in total. The van der Waals surface area contributed by atoms with Gasteiger partial charge in [-0.3, -0.25) is 0 Å². The first-order valence-electron chi connectivity index (χ1n) is 5.06. The summed E-state index contributed by atoms with van der Waals surface area (Å²) in [6.45, 7) is 0.0945. The molecule has 6 heteroatoms. The first kappa shape index (κ1) is 11.9. The number of urea groups is 1. The van der Waals surface area contributed by atoms with Crippen molar-refractivity contribution < 1.29 is 14.7 Å². The molecule has 2 rings (SSSR count). The Hall–Kier alpha value is -1.56. The Kier molecular flexibility index (Phi) is 3.06. The average Bonchev–Trinajstić information content (AvgIpc) is 2.65. The normalized spacial score (nSPS) is 23.0. The highest BCUT2D eigenvalue weighted by Crippen LogP contribution is 2.19. The van der Waals surface area contributed by atoms with Crippen LogP contribution in [-0.2, 0) is 11.2 Å². The number of benzene rings is 1. The van der Waals surface area contributed by atoms with Gasteiger partial charge in [0.25, 0.3) is 0 Å². The number of carboxylic acid groups (broad SMARTS) is 1. The summed E-state index contributed by atoms with van der Waals surface area (Å²) in [4.78, 5) is 22.4. The highest BCUT2D eigenvalue weighted by molar-refractivity contribution is 9.10. The summed E-state index contributed by atoms with van der Waals surface area (Å²) in [7, 11) is 0. The van der Waals surface area contributed by atoms with Crippen LogP contribution in [0.25, 0.3) is 0 Å². The fourth-order valence-corrected chi connectivity index (χ4v) is 2.06. The van der Waals surface area contributed by atoms with Crippen molar-refractivity contribution in [2.24, 2.45) is 0 Å². The van der Waals surface area contributed by atoms with Crippen LogP contribution in [0.3, 0.4) is 0 Å². The van der Waals surface area contributed by atoms with Gasteiger partial charge in [-0.05, 0) is 17.7 Å². The number of hydrogen-bond donors (Lipinski definition) is 3. The lowest BCUT2D eigenvalue weighted by molar-refractivity contribution is -0.143. The number of carbonyl (C=O) groups is 2. The molecule has 0 spiro atoms. The van der Waals surface area contributed by atoms with Gasteiger partial charge in [-0.1, -0.05) is 28.1 Å². The van der Waals surface area contributed by atoms with E-state index in [1.807, 2.05) is 24.3 Å². The van der Waals surface area contributed by atoms with Crippen LogP contribution in [0.5, 0.6) is 0 Å². The van der Waals surface area contributed by atoms with Crippen LogP contribution in [0.2, 0.25) is 0 Å². The quantitative estimate of drug-likeness (QED) is 0.783. The number of carbonyl (C=O) groups excluding carboxylic acids is 1. The van der Waals surface area contributed by atoms with Crippen molar-refractivity contribution >= 4 is 27.9 Å². The second-order valence-corrected chi connectivity index (χ2v) is 4.91. The summed E-state index contributed by atoms with van der Waals surface area (Å²) in [5, 5.41) is 14.2. The minimum atomic E-state index is -1.25. The molecule has 1 aliphatic heterocycles. The van der Waals surface area contributed by atoms with Gasteiger partial charge >= 0.3 is 12.0 Å². The highest BCUT2D eigenvalue weighted by atomic mass is 79.9. The zero-order valence-electron chi connectivity index (χ0n) is 8.87. The topological polar surface area (TPSA) is 78.4 Å². The molecule has 1 aromatic carbocycles. The second kappa shape index (κ2) is 4.37. The zero-order valence-corrected chi connectivity index (χ0v) is 10.5. The molecule has 1 aliphatic rings. The summed E-state index contributed by atoms with van der Waals surface area (Å²) in [6.07, 6.45) is 0.258. The van der Waals surface area contributed by atoms with Gasteiger partial charge in [-0.15, -0.1) is 0 Å². The third-order valence-electron chi connectivity index (χ3n) is 2.73. The molecular weight excluding hydrogens is 288 g/mol. The Morgan fingerprint density at radius 2 is 2.06 bits per heavy atom. The fraction of sp³-hybridized carbons (Fsp3) is 0.273. The lowest BCUT2D eigenvalue weighted by atomic mass is 9.92. The molecule has 1 fully saturated rings. The third-order valence-corrected chi connectivity index (χ3v) is 3.26. The molecule has 1 heterocycles. The lowest BCUT2D eigenvalue weighted by Gasteiger charge is -2.22. The molecule has 0 aromatic heterocycles. The van der Waals surface area contributed by atoms with Crippen molar-refractivity contribution in [2.75, 3.05) is 6.54 Å². The summed E-state index contributed by atoms with van der Waals surface area (Å²) < 4.78 is 0.930. The Labute approximate surface area is 106 Å². The maximum absolute atomic E-state index is 11.3. The van der Waals surface area contributed by atoms with Crippen molar-refractivity contribution in [1.29, 1.82) is 0 Å². The molecule has 0 aliphatic carbocycles. The predicted octanol–water partition coefficient (Wildman–Crippen LogP) is 1.13. The molecule has 17 heavy (non-hydrogen) atoms. The van der Waals surface area contributed by atoms with E-state index in [2.05, 4.69) is 26.6 Å². The summed E-state index contributed by atoms with van der Waals surface area (Å²) in [5.41, 5.74) is -0.384. The number of halogens is 1. The Morgan fingerprint density at radius 1 is 1.41 bits per heavy atom. The molecule has 0 bridgehead atoms. The molecule has 1 atom stereocenters. The average molecular weight is 299 g/mol. The summed E-state index contributed by atoms with van der Waals surface area (Å²) >= 11 is 3.31. The van der Waals surface area contributed by atoms with Gasteiger partial charge in [0, 0.05) is 10.9 Å². The van der Waals surface area contributed by atoms with Crippen LogP contribution in [0.1, 0.15) is 5.56 Å². The van der Waals surface area contributed by atoms with Crippen LogP contribution >= 0.6 is 15.9 Å². The van der Waals surface area contributed by atoms with Gasteiger partial charge in [-0.25, -0.2) is 9.59 Å². The monoisotopic (exact) mass is 298 g/mol. The Bertz CT molecular complexity index is 460. The van der Waals surface area contributed by atoms with E-state index in [0.717, 1.165) is 10.0 Å². The number of nitrogens with one attached hydrogen (secondary N) is 2. The zero-order chi connectivity index (χ0) is 12.5. The van der Waals surface area contributed by atoms with Gasteiger partial charge in [-0.2, -0.15) is 0 Å². The molecule has 1 unspecified atom stereocenters. The molecule has 0 radical (unpaired) electrons. The molecule has 2 amide bonds. The van der Waals surface area contributed by atoms with E-state index in [1.54, 1.807) is 0 Å². The van der Waals surface area contributed by atoms with Crippen LogP contribution in [0.15, 0.2) is 28.7 Å². The molecule has 3 N–H and O–H groups in total. The lowest BCUT2D eigenvalue weighted by Crippen LogP contribution is -2.52. The van der Waals surface area contributed by atoms with E-state index in [-0.39, 0.29) is 13.0 Å². The Balaban J connectivity index is 2.22. The van der Waals surface area contributed by atoms with Crippen molar-refractivity contribution in [1.82, 2.24) is 10.6 Å². The fourth-order valence-electron chi connectivity index (χ4n) is 1.80. The van der Waals surface area contributed by atoms with E-state index >= 15 is 0 Å². The highest BCUT2D eigenvalue weighted by Gasteiger charge is 2.44. The number of carboxylic acids is 1. The van der Waals surface area contributed by atoms with Crippen LogP contribution in [-0.4, -0.2) is 29.2 Å². The van der Waals surface area contributed by atoms with Gasteiger partial charge < -0.3 is 15.7 Å². The van der Waals surface area contributed by atoms with Crippen molar-refractivity contribution in [3.63, 3.8) is 0 Å². The number of hydrogen-bond acceptors (Lipinski definition) is 2. The molecule has 90 valence electrons. The van der Waals surface area contributed by atoms with Gasteiger partial charge in [0.05, 0.1) is 6.54 Å². The van der Waals surface area contributed by atoms with Crippen molar-refractivity contribution in [3.05, 3.63) is 34.3 Å². The first-order chi connectivity index (χ1) is 8.02. The molecule has 1 saturated heterocycles. The number of rotatable bonds is 3. The molecule has 1 aromatic rings.